The van der Waals surface area contributed by atoms with E-state index in [1.54, 1.807) is 0 Å². The molecule has 0 saturated heterocycles. The molecule has 0 N–H and O–H groups in total. The molecule has 1 aliphatic carbocycles. The minimum atomic E-state index is -0.0710. The summed E-state index contributed by atoms with van der Waals surface area (Å²) in [4.78, 5) is 16.1. The molecule has 1 fully saturated rings. The van der Waals surface area contributed by atoms with E-state index in [2.05, 4.69) is 78.0 Å². The van der Waals surface area contributed by atoms with Crippen LogP contribution in [-0.4, -0.2) is 21.4 Å². The van der Waals surface area contributed by atoms with Gasteiger partial charge in [-0.15, -0.1) is 0 Å². The number of hydrogen-bond donors (Lipinski definition) is 0. The first-order chi connectivity index (χ1) is 15.7. The Labute approximate surface area is 193 Å². The van der Waals surface area contributed by atoms with E-state index in [0.29, 0.717) is 12.6 Å². The molecule has 2 aromatic carbocycles. The number of benzene rings is 2. The molecule has 1 amide bonds. The van der Waals surface area contributed by atoms with E-state index in [1.165, 1.54) is 36.1 Å². The van der Waals surface area contributed by atoms with Crippen LogP contribution in [0.4, 0.5) is 0 Å². The van der Waals surface area contributed by atoms with Crippen molar-refractivity contribution in [3.63, 3.8) is 0 Å². The monoisotopic (exact) mass is 428 g/mol. The summed E-state index contributed by atoms with van der Waals surface area (Å²) >= 11 is 0. The third-order valence-corrected chi connectivity index (χ3v) is 6.90. The van der Waals surface area contributed by atoms with Crippen molar-refractivity contribution in [2.45, 2.75) is 77.4 Å². The molecule has 1 heterocycles. The summed E-state index contributed by atoms with van der Waals surface area (Å²) in [6, 6.07) is 23.7. The van der Waals surface area contributed by atoms with Crippen molar-refractivity contribution in [2.75, 3.05) is 0 Å². The van der Waals surface area contributed by atoms with Gasteiger partial charge in [0.05, 0.1) is 12.5 Å². The summed E-state index contributed by atoms with van der Waals surface area (Å²) in [6.45, 7) is 5.80. The molecule has 0 spiro atoms. The number of aromatic nitrogens is 1. The minimum Gasteiger partial charge on any atom is -0.345 e. The average Bonchev–Trinajstić information content (AvgIpc) is 3.25. The quantitative estimate of drug-likeness (QED) is 0.392. The number of hydrogen-bond acceptors (Lipinski definition) is 1. The van der Waals surface area contributed by atoms with Crippen molar-refractivity contribution in [1.29, 1.82) is 0 Å². The molecule has 0 radical (unpaired) electrons. The highest BCUT2D eigenvalue weighted by Crippen LogP contribution is 2.30. The lowest BCUT2D eigenvalue weighted by Crippen LogP contribution is -2.43. The SMILES string of the molecule is CCC(C(=O)N(Cc1cccn1Cc1cccc(C)c1)C1CCCCC1)c1ccccc1. The van der Waals surface area contributed by atoms with Crippen molar-refractivity contribution in [2.24, 2.45) is 0 Å². The standard InChI is InChI=1S/C29H36N2O/c1-3-28(25-14-6-4-7-15-25)29(32)31(26-16-8-5-9-17-26)22-27-18-11-19-30(27)21-24-13-10-12-23(2)20-24/h4,6-7,10-15,18-20,26,28H,3,5,8-9,16-17,21-22H2,1-2H3. The van der Waals surface area contributed by atoms with E-state index in [9.17, 15) is 4.79 Å². The molecule has 1 atom stereocenters. The van der Waals surface area contributed by atoms with Gasteiger partial charge in [-0.3, -0.25) is 4.79 Å². The first-order valence-electron chi connectivity index (χ1n) is 12.2. The maximum absolute atomic E-state index is 13.9. The molecule has 0 bridgehead atoms. The molecule has 32 heavy (non-hydrogen) atoms. The Bertz CT molecular complexity index is 1000. The number of nitrogens with zero attached hydrogens (tertiary/aromatic N) is 2. The predicted molar refractivity (Wildman–Crippen MR) is 132 cm³/mol. The second-order valence-electron chi connectivity index (χ2n) is 9.25. The zero-order chi connectivity index (χ0) is 22.3. The molecular weight excluding hydrogens is 392 g/mol. The highest BCUT2D eigenvalue weighted by atomic mass is 16.2. The van der Waals surface area contributed by atoms with Gasteiger partial charge < -0.3 is 9.47 Å². The minimum absolute atomic E-state index is 0.0710. The summed E-state index contributed by atoms with van der Waals surface area (Å²) in [5, 5.41) is 0. The van der Waals surface area contributed by atoms with Crippen LogP contribution in [0.3, 0.4) is 0 Å². The third kappa shape index (κ3) is 5.32. The number of amides is 1. The summed E-state index contributed by atoms with van der Waals surface area (Å²) in [7, 11) is 0. The Balaban J connectivity index is 1.59. The topological polar surface area (TPSA) is 25.2 Å². The summed E-state index contributed by atoms with van der Waals surface area (Å²) in [5.74, 6) is 0.215. The van der Waals surface area contributed by atoms with Crippen LogP contribution < -0.4 is 0 Å². The molecule has 3 nitrogen and oxygen atoms in total. The zero-order valence-corrected chi connectivity index (χ0v) is 19.5. The van der Waals surface area contributed by atoms with Crippen LogP contribution in [0.15, 0.2) is 72.9 Å². The molecule has 1 aromatic heterocycles. The highest BCUT2D eigenvalue weighted by molar-refractivity contribution is 5.84. The lowest BCUT2D eigenvalue weighted by atomic mass is 9.90. The van der Waals surface area contributed by atoms with E-state index >= 15 is 0 Å². The fourth-order valence-electron chi connectivity index (χ4n) is 5.15. The van der Waals surface area contributed by atoms with Gasteiger partial charge in [0.25, 0.3) is 0 Å². The van der Waals surface area contributed by atoms with Gasteiger partial charge in [0, 0.05) is 24.5 Å². The average molecular weight is 429 g/mol. The summed E-state index contributed by atoms with van der Waals surface area (Å²) in [5.41, 5.74) is 4.93. The van der Waals surface area contributed by atoms with Gasteiger partial charge >= 0.3 is 0 Å². The Morgan fingerprint density at radius 3 is 2.50 bits per heavy atom. The van der Waals surface area contributed by atoms with Crippen molar-refractivity contribution in [3.05, 3.63) is 95.3 Å². The van der Waals surface area contributed by atoms with E-state index in [-0.39, 0.29) is 11.8 Å². The largest absolute Gasteiger partial charge is 0.345 e. The molecule has 1 saturated carbocycles. The number of carbonyl (C=O) groups is 1. The molecule has 168 valence electrons. The van der Waals surface area contributed by atoms with Crippen molar-refractivity contribution < 1.29 is 4.79 Å². The lowest BCUT2D eigenvalue weighted by Gasteiger charge is -2.37. The Hall–Kier alpha value is -2.81. The van der Waals surface area contributed by atoms with Crippen LogP contribution in [0.5, 0.6) is 0 Å². The smallest absolute Gasteiger partial charge is 0.230 e. The normalized spacial score (nSPS) is 15.4. The van der Waals surface area contributed by atoms with Gasteiger partial charge in [-0.05, 0) is 49.4 Å². The molecule has 1 unspecified atom stereocenters. The van der Waals surface area contributed by atoms with Gasteiger partial charge in [0.2, 0.25) is 5.91 Å². The van der Waals surface area contributed by atoms with Crippen LogP contribution in [0.25, 0.3) is 0 Å². The first-order valence-corrected chi connectivity index (χ1v) is 12.2. The fraction of sp³-hybridized carbons (Fsp3) is 0.414. The molecular formula is C29H36N2O. The van der Waals surface area contributed by atoms with Crippen LogP contribution in [0, 0.1) is 6.92 Å². The second-order valence-corrected chi connectivity index (χ2v) is 9.25. The van der Waals surface area contributed by atoms with Crippen molar-refractivity contribution in [3.8, 4) is 0 Å². The fourth-order valence-corrected chi connectivity index (χ4v) is 5.15. The van der Waals surface area contributed by atoms with E-state index < -0.39 is 0 Å². The Morgan fingerprint density at radius 2 is 1.78 bits per heavy atom. The second kappa shape index (κ2) is 10.7. The summed E-state index contributed by atoms with van der Waals surface area (Å²) in [6.07, 6.45) is 8.96. The number of aryl methyl sites for hydroxylation is 1. The highest BCUT2D eigenvalue weighted by Gasteiger charge is 2.31. The third-order valence-electron chi connectivity index (χ3n) is 6.90. The Morgan fingerprint density at radius 1 is 1.00 bits per heavy atom. The zero-order valence-electron chi connectivity index (χ0n) is 19.5. The van der Waals surface area contributed by atoms with E-state index in [4.69, 9.17) is 0 Å². The van der Waals surface area contributed by atoms with Gasteiger partial charge in [0.15, 0.2) is 0 Å². The van der Waals surface area contributed by atoms with Crippen molar-refractivity contribution in [1.82, 2.24) is 9.47 Å². The molecule has 0 aliphatic heterocycles. The van der Waals surface area contributed by atoms with E-state index in [0.717, 1.165) is 31.4 Å². The first kappa shape index (κ1) is 22.4. The Kier molecular flexibility index (Phi) is 7.47. The van der Waals surface area contributed by atoms with Crippen molar-refractivity contribution >= 4 is 5.91 Å². The van der Waals surface area contributed by atoms with E-state index in [1.807, 2.05) is 18.2 Å². The molecule has 4 rings (SSSR count). The van der Waals surface area contributed by atoms with Crippen LogP contribution in [0.2, 0.25) is 0 Å². The predicted octanol–water partition coefficient (Wildman–Crippen LogP) is 6.70. The maximum atomic E-state index is 13.9. The van der Waals surface area contributed by atoms with Crippen LogP contribution in [-0.2, 0) is 17.9 Å². The van der Waals surface area contributed by atoms with Crippen LogP contribution in [0.1, 0.15) is 73.8 Å². The van der Waals surface area contributed by atoms with Crippen LogP contribution >= 0.6 is 0 Å². The van der Waals surface area contributed by atoms with Gasteiger partial charge in [-0.2, -0.15) is 0 Å². The van der Waals surface area contributed by atoms with Gasteiger partial charge in [-0.1, -0.05) is 86.3 Å². The van der Waals surface area contributed by atoms with Gasteiger partial charge in [0.1, 0.15) is 0 Å². The molecule has 3 heteroatoms. The number of rotatable bonds is 8. The number of carbonyl (C=O) groups excluding carboxylic acids is 1. The summed E-state index contributed by atoms with van der Waals surface area (Å²) < 4.78 is 2.31. The lowest BCUT2D eigenvalue weighted by molar-refractivity contribution is -0.136. The van der Waals surface area contributed by atoms with Gasteiger partial charge in [-0.25, -0.2) is 0 Å². The molecule has 3 aromatic rings. The maximum Gasteiger partial charge on any atom is 0.230 e. The molecule has 1 aliphatic rings.